The third kappa shape index (κ3) is 2.69. The van der Waals surface area contributed by atoms with Gasteiger partial charge in [0.2, 0.25) is 0 Å². The first-order valence-electron chi connectivity index (χ1n) is 5.38. The minimum Gasteiger partial charge on any atom is -0.493 e. The lowest BCUT2D eigenvalue weighted by atomic mass is 9.93. The normalized spacial score (nSPS) is 13.3. The molecule has 0 aliphatic carbocycles. The Hall–Kier alpha value is -1.43. The molecule has 1 rings (SSSR count). The molecule has 102 valence electrons. The highest BCUT2D eigenvalue weighted by molar-refractivity contribution is 5.53. The summed E-state index contributed by atoms with van der Waals surface area (Å²) in [5, 5.41) is 0. The van der Waals surface area contributed by atoms with Crippen LogP contribution < -0.4 is 15.2 Å². The SMILES string of the molecule is COc1ccc(C(F)(F)F)c(C(C)CN)c1OC. The molecule has 1 atom stereocenters. The molecule has 0 heterocycles. The van der Waals surface area contributed by atoms with Gasteiger partial charge in [0.25, 0.3) is 0 Å². The van der Waals surface area contributed by atoms with Crippen LogP contribution in [0.1, 0.15) is 24.0 Å². The van der Waals surface area contributed by atoms with E-state index in [1.165, 1.54) is 20.3 Å². The second kappa shape index (κ2) is 5.48. The molecule has 6 heteroatoms. The number of halogens is 3. The van der Waals surface area contributed by atoms with Crippen molar-refractivity contribution in [3.63, 3.8) is 0 Å². The maximum Gasteiger partial charge on any atom is 0.416 e. The molecule has 3 nitrogen and oxygen atoms in total. The summed E-state index contributed by atoms with van der Waals surface area (Å²) < 4.78 is 48.9. The molecule has 0 fully saturated rings. The van der Waals surface area contributed by atoms with Crippen molar-refractivity contribution in [3.05, 3.63) is 23.3 Å². The largest absolute Gasteiger partial charge is 0.493 e. The van der Waals surface area contributed by atoms with Crippen LogP contribution in [-0.2, 0) is 6.18 Å². The van der Waals surface area contributed by atoms with Crippen LogP contribution in [0.3, 0.4) is 0 Å². The number of alkyl halides is 3. The minimum absolute atomic E-state index is 0.0341. The summed E-state index contributed by atoms with van der Waals surface area (Å²) >= 11 is 0. The van der Waals surface area contributed by atoms with Gasteiger partial charge in [-0.3, -0.25) is 0 Å². The Labute approximate surface area is 104 Å². The van der Waals surface area contributed by atoms with E-state index < -0.39 is 17.7 Å². The van der Waals surface area contributed by atoms with E-state index in [1.54, 1.807) is 6.92 Å². The van der Waals surface area contributed by atoms with Crippen LogP contribution in [0.2, 0.25) is 0 Å². The first-order chi connectivity index (χ1) is 8.36. The monoisotopic (exact) mass is 263 g/mol. The van der Waals surface area contributed by atoms with Gasteiger partial charge in [0, 0.05) is 5.56 Å². The second-order valence-electron chi connectivity index (χ2n) is 3.90. The van der Waals surface area contributed by atoms with Crippen LogP contribution in [0.5, 0.6) is 11.5 Å². The minimum atomic E-state index is -4.45. The van der Waals surface area contributed by atoms with Gasteiger partial charge in [-0.05, 0) is 24.6 Å². The van der Waals surface area contributed by atoms with Gasteiger partial charge in [-0.25, -0.2) is 0 Å². The summed E-state index contributed by atoms with van der Waals surface area (Å²) in [5.41, 5.74) is 4.76. The number of benzene rings is 1. The average molecular weight is 263 g/mol. The topological polar surface area (TPSA) is 44.5 Å². The molecule has 0 amide bonds. The molecule has 0 spiro atoms. The van der Waals surface area contributed by atoms with Gasteiger partial charge in [-0.2, -0.15) is 13.2 Å². The first kappa shape index (κ1) is 14.6. The van der Waals surface area contributed by atoms with Crippen molar-refractivity contribution in [2.24, 2.45) is 5.73 Å². The van der Waals surface area contributed by atoms with E-state index in [0.717, 1.165) is 6.07 Å². The van der Waals surface area contributed by atoms with E-state index in [2.05, 4.69) is 0 Å². The van der Waals surface area contributed by atoms with Gasteiger partial charge in [-0.1, -0.05) is 6.92 Å². The molecular formula is C12H16F3NO2. The van der Waals surface area contributed by atoms with Crippen LogP contribution in [0.25, 0.3) is 0 Å². The number of ether oxygens (including phenoxy) is 2. The molecule has 0 radical (unpaired) electrons. The predicted octanol–water partition coefficient (Wildman–Crippen LogP) is 2.78. The van der Waals surface area contributed by atoms with Crippen molar-refractivity contribution in [2.45, 2.75) is 19.0 Å². The van der Waals surface area contributed by atoms with Crippen molar-refractivity contribution >= 4 is 0 Å². The number of hydrogen-bond acceptors (Lipinski definition) is 3. The molecule has 18 heavy (non-hydrogen) atoms. The average Bonchev–Trinajstić information content (AvgIpc) is 2.34. The molecule has 0 aliphatic rings. The lowest BCUT2D eigenvalue weighted by molar-refractivity contribution is -0.138. The van der Waals surface area contributed by atoms with Crippen molar-refractivity contribution in [2.75, 3.05) is 20.8 Å². The summed E-state index contributed by atoms with van der Waals surface area (Å²) in [7, 11) is 2.69. The fourth-order valence-corrected chi connectivity index (χ4v) is 1.81. The molecule has 1 aromatic carbocycles. The van der Waals surface area contributed by atoms with Gasteiger partial charge in [0.1, 0.15) is 0 Å². The molecule has 2 N–H and O–H groups in total. The molecule has 0 aliphatic heterocycles. The zero-order chi connectivity index (χ0) is 13.9. The van der Waals surface area contributed by atoms with Gasteiger partial charge in [0.05, 0.1) is 19.8 Å². The number of methoxy groups -OCH3 is 2. The fraction of sp³-hybridized carbons (Fsp3) is 0.500. The van der Waals surface area contributed by atoms with E-state index in [-0.39, 0.29) is 23.6 Å². The summed E-state index contributed by atoms with van der Waals surface area (Å²) in [6, 6.07) is 2.23. The molecule has 0 saturated carbocycles. The number of nitrogens with two attached hydrogens (primary N) is 1. The lowest BCUT2D eigenvalue weighted by Gasteiger charge is -2.22. The number of hydrogen-bond donors (Lipinski definition) is 1. The van der Waals surface area contributed by atoms with Crippen molar-refractivity contribution < 1.29 is 22.6 Å². The third-order valence-electron chi connectivity index (χ3n) is 2.74. The standard InChI is InChI=1S/C12H16F3NO2/c1-7(6-16)10-8(12(13,14)15)4-5-9(17-2)11(10)18-3/h4-5,7H,6,16H2,1-3H3. The Bertz CT molecular complexity index is 419. The number of rotatable bonds is 4. The van der Waals surface area contributed by atoms with Crippen LogP contribution >= 0.6 is 0 Å². The van der Waals surface area contributed by atoms with Crippen LogP contribution in [0.4, 0.5) is 13.2 Å². The summed E-state index contributed by atoms with van der Waals surface area (Å²) in [6.45, 7) is 1.71. The van der Waals surface area contributed by atoms with Crippen molar-refractivity contribution in [1.29, 1.82) is 0 Å². The molecule has 1 unspecified atom stereocenters. The smallest absolute Gasteiger partial charge is 0.416 e. The molecule has 1 aromatic rings. The molecular weight excluding hydrogens is 247 g/mol. The highest BCUT2D eigenvalue weighted by atomic mass is 19.4. The van der Waals surface area contributed by atoms with E-state index in [9.17, 15) is 13.2 Å². The third-order valence-corrected chi connectivity index (χ3v) is 2.74. The van der Waals surface area contributed by atoms with Crippen LogP contribution in [0, 0.1) is 0 Å². The highest BCUT2D eigenvalue weighted by Gasteiger charge is 2.36. The Kier molecular flexibility index (Phi) is 4.45. The lowest BCUT2D eigenvalue weighted by Crippen LogP contribution is -2.17. The summed E-state index contributed by atoms with van der Waals surface area (Å²) in [6.07, 6.45) is -4.45. The molecule has 0 aromatic heterocycles. The second-order valence-corrected chi connectivity index (χ2v) is 3.90. The van der Waals surface area contributed by atoms with Gasteiger partial charge in [0.15, 0.2) is 11.5 Å². The van der Waals surface area contributed by atoms with Gasteiger partial charge in [-0.15, -0.1) is 0 Å². The van der Waals surface area contributed by atoms with Gasteiger partial charge >= 0.3 is 6.18 Å². The van der Waals surface area contributed by atoms with E-state index >= 15 is 0 Å². The maximum absolute atomic E-state index is 13.0. The zero-order valence-electron chi connectivity index (χ0n) is 10.5. The Balaban J connectivity index is 3.54. The summed E-state index contributed by atoms with van der Waals surface area (Å²) in [5.74, 6) is -0.127. The van der Waals surface area contributed by atoms with E-state index in [0.29, 0.717) is 0 Å². The maximum atomic E-state index is 13.0. The molecule has 0 saturated heterocycles. The van der Waals surface area contributed by atoms with Gasteiger partial charge < -0.3 is 15.2 Å². The Morgan fingerprint density at radius 2 is 1.83 bits per heavy atom. The molecule has 0 bridgehead atoms. The fourth-order valence-electron chi connectivity index (χ4n) is 1.81. The van der Waals surface area contributed by atoms with Crippen molar-refractivity contribution in [3.8, 4) is 11.5 Å². The zero-order valence-corrected chi connectivity index (χ0v) is 10.5. The predicted molar refractivity (Wildman–Crippen MR) is 62.0 cm³/mol. The Morgan fingerprint density at radius 3 is 2.22 bits per heavy atom. The van der Waals surface area contributed by atoms with E-state index in [1.807, 2.05) is 0 Å². The highest BCUT2D eigenvalue weighted by Crippen LogP contribution is 2.43. The van der Waals surface area contributed by atoms with Crippen LogP contribution in [0.15, 0.2) is 12.1 Å². The Morgan fingerprint density at radius 1 is 1.22 bits per heavy atom. The quantitative estimate of drug-likeness (QED) is 0.908. The summed E-state index contributed by atoms with van der Waals surface area (Å²) in [4.78, 5) is 0. The van der Waals surface area contributed by atoms with E-state index in [4.69, 9.17) is 15.2 Å². The first-order valence-corrected chi connectivity index (χ1v) is 5.38. The van der Waals surface area contributed by atoms with Crippen LogP contribution in [-0.4, -0.2) is 20.8 Å². The van der Waals surface area contributed by atoms with Crippen molar-refractivity contribution in [1.82, 2.24) is 0 Å².